The van der Waals surface area contributed by atoms with E-state index in [4.69, 9.17) is 27.9 Å². The first kappa shape index (κ1) is 11.1. The molecule has 1 heterocycles. The molecule has 0 aliphatic carbocycles. The second-order valence-electron chi connectivity index (χ2n) is 2.89. The van der Waals surface area contributed by atoms with E-state index in [1.165, 1.54) is 0 Å². The van der Waals surface area contributed by atoms with Crippen LogP contribution in [0, 0.1) is 5.95 Å². The molecular formula is C10H5Cl2FN2O. The average Bonchev–Trinajstić information content (AvgIpc) is 2.15. The third-order valence-electron chi connectivity index (χ3n) is 1.67. The van der Waals surface area contributed by atoms with Gasteiger partial charge in [-0.15, -0.1) is 0 Å². The summed E-state index contributed by atoms with van der Waals surface area (Å²) in [6.45, 7) is 0. The van der Waals surface area contributed by atoms with Crippen LogP contribution in [0.2, 0.25) is 10.0 Å². The van der Waals surface area contributed by atoms with Crippen molar-refractivity contribution in [1.29, 1.82) is 0 Å². The standard InChI is InChI=1S/C10H5Cl2FN2O/c11-6-1-7(12)3-8(2-6)16-10-4-9(13)14-5-15-10/h1-5H. The van der Waals surface area contributed by atoms with Gasteiger partial charge in [0.1, 0.15) is 12.1 Å². The minimum absolute atomic E-state index is 0.0887. The molecule has 0 aliphatic heterocycles. The van der Waals surface area contributed by atoms with Crippen molar-refractivity contribution in [3.8, 4) is 11.6 Å². The maximum absolute atomic E-state index is 12.7. The van der Waals surface area contributed by atoms with Gasteiger partial charge < -0.3 is 4.74 Å². The van der Waals surface area contributed by atoms with Gasteiger partial charge in [-0.2, -0.15) is 4.39 Å². The quantitative estimate of drug-likeness (QED) is 0.771. The first-order chi connectivity index (χ1) is 7.63. The zero-order valence-electron chi connectivity index (χ0n) is 7.82. The number of aromatic nitrogens is 2. The Hall–Kier alpha value is -1.39. The monoisotopic (exact) mass is 258 g/mol. The van der Waals surface area contributed by atoms with E-state index >= 15 is 0 Å². The third-order valence-corrected chi connectivity index (χ3v) is 2.10. The van der Waals surface area contributed by atoms with E-state index in [9.17, 15) is 4.39 Å². The SMILES string of the molecule is Fc1cc(Oc2cc(Cl)cc(Cl)c2)ncn1. The first-order valence-electron chi connectivity index (χ1n) is 4.25. The summed E-state index contributed by atoms with van der Waals surface area (Å²) >= 11 is 11.6. The molecule has 2 rings (SSSR count). The van der Waals surface area contributed by atoms with Gasteiger partial charge in [-0.3, -0.25) is 0 Å². The maximum Gasteiger partial charge on any atom is 0.225 e. The lowest BCUT2D eigenvalue weighted by molar-refractivity contribution is 0.450. The number of rotatable bonds is 2. The van der Waals surface area contributed by atoms with Crippen LogP contribution in [-0.4, -0.2) is 9.97 Å². The molecule has 0 atom stereocenters. The highest BCUT2D eigenvalue weighted by Gasteiger charge is 2.03. The van der Waals surface area contributed by atoms with Crippen LogP contribution in [0.25, 0.3) is 0 Å². The molecule has 3 nitrogen and oxygen atoms in total. The van der Waals surface area contributed by atoms with Crippen molar-refractivity contribution in [2.45, 2.75) is 0 Å². The van der Waals surface area contributed by atoms with Crippen molar-refractivity contribution in [2.75, 3.05) is 0 Å². The molecule has 0 saturated heterocycles. The molecule has 1 aromatic carbocycles. The van der Waals surface area contributed by atoms with Gasteiger partial charge in [-0.1, -0.05) is 23.2 Å². The fraction of sp³-hybridized carbons (Fsp3) is 0. The van der Waals surface area contributed by atoms with Crippen LogP contribution in [0.1, 0.15) is 0 Å². The van der Waals surface area contributed by atoms with Gasteiger partial charge in [0.2, 0.25) is 11.8 Å². The fourth-order valence-electron chi connectivity index (χ4n) is 1.08. The second kappa shape index (κ2) is 4.63. The highest BCUT2D eigenvalue weighted by Crippen LogP contribution is 2.27. The van der Waals surface area contributed by atoms with Crippen LogP contribution in [0.3, 0.4) is 0 Å². The lowest BCUT2D eigenvalue weighted by atomic mass is 10.3. The summed E-state index contributed by atoms with van der Waals surface area (Å²) in [5.41, 5.74) is 0. The number of benzene rings is 1. The molecule has 0 amide bonds. The minimum atomic E-state index is -0.668. The smallest absolute Gasteiger partial charge is 0.225 e. The molecular weight excluding hydrogens is 254 g/mol. The lowest BCUT2D eigenvalue weighted by Crippen LogP contribution is -1.91. The fourth-order valence-corrected chi connectivity index (χ4v) is 1.59. The zero-order chi connectivity index (χ0) is 11.5. The summed E-state index contributed by atoms with van der Waals surface area (Å²) in [6.07, 6.45) is 1.07. The van der Waals surface area contributed by atoms with E-state index < -0.39 is 5.95 Å². The summed E-state index contributed by atoms with van der Waals surface area (Å²) in [5.74, 6) is -0.195. The summed E-state index contributed by atoms with van der Waals surface area (Å²) in [6, 6.07) is 5.73. The molecule has 0 radical (unpaired) electrons. The van der Waals surface area contributed by atoms with Crippen LogP contribution in [-0.2, 0) is 0 Å². The van der Waals surface area contributed by atoms with Crippen LogP contribution in [0.5, 0.6) is 11.6 Å². The van der Waals surface area contributed by atoms with Crippen molar-refractivity contribution in [3.05, 3.63) is 46.6 Å². The Morgan fingerprint density at radius 1 is 1.00 bits per heavy atom. The van der Waals surface area contributed by atoms with Gasteiger partial charge in [0, 0.05) is 10.0 Å². The maximum atomic E-state index is 12.7. The van der Waals surface area contributed by atoms with E-state index in [1.54, 1.807) is 18.2 Å². The summed E-state index contributed by atoms with van der Waals surface area (Å²) in [5, 5.41) is 0.856. The van der Waals surface area contributed by atoms with Gasteiger partial charge in [-0.05, 0) is 18.2 Å². The summed E-state index contributed by atoms with van der Waals surface area (Å²) < 4.78 is 18.0. The largest absolute Gasteiger partial charge is 0.439 e. The van der Waals surface area contributed by atoms with Crippen LogP contribution < -0.4 is 4.74 Å². The van der Waals surface area contributed by atoms with Crippen molar-refractivity contribution in [1.82, 2.24) is 9.97 Å². The summed E-state index contributed by atoms with van der Waals surface area (Å²) in [7, 11) is 0. The predicted molar refractivity (Wildman–Crippen MR) is 58.5 cm³/mol. The minimum Gasteiger partial charge on any atom is -0.439 e. The molecule has 0 fully saturated rings. The predicted octanol–water partition coefficient (Wildman–Crippen LogP) is 3.71. The van der Waals surface area contributed by atoms with Gasteiger partial charge in [0.25, 0.3) is 0 Å². The Balaban J connectivity index is 2.27. The van der Waals surface area contributed by atoms with Crippen molar-refractivity contribution in [2.24, 2.45) is 0 Å². The topological polar surface area (TPSA) is 35.0 Å². The van der Waals surface area contributed by atoms with E-state index in [0.717, 1.165) is 12.4 Å². The van der Waals surface area contributed by atoms with Crippen molar-refractivity contribution in [3.63, 3.8) is 0 Å². The second-order valence-corrected chi connectivity index (χ2v) is 3.76. The van der Waals surface area contributed by atoms with Crippen LogP contribution in [0.4, 0.5) is 4.39 Å². The zero-order valence-corrected chi connectivity index (χ0v) is 9.34. The molecule has 16 heavy (non-hydrogen) atoms. The number of ether oxygens (including phenoxy) is 1. The van der Waals surface area contributed by atoms with Gasteiger partial charge >= 0.3 is 0 Å². The van der Waals surface area contributed by atoms with E-state index in [0.29, 0.717) is 15.8 Å². The Labute approximate surface area is 101 Å². The Kier molecular flexibility index (Phi) is 3.22. The average molecular weight is 259 g/mol. The highest BCUT2D eigenvalue weighted by molar-refractivity contribution is 6.34. The molecule has 0 bridgehead atoms. The Morgan fingerprint density at radius 2 is 1.69 bits per heavy atom. The molecule has 1 aromatic heterocycles. The van der Waals surface area contributed by atoms with Crippen LogP contribution >= 0.6 is 23.2 Å². The third kappa shape index (κ3) is 2.81. The normalized spacial score (nSPS) is 10.2. The summed E-state index contributed by atoms with van der Waals surface area (Å²) in [4.78, 5) is 7.04. The number of hydrogen-bond acceptors (Lipinski definition) is 3. The Morgan fingerprint density at radius 3 is 2.31 bits per heavy atom. The van der Waals surface area contributed by atoms with E-state index in [2.05, 4.69) is 9.97 Å². The molecule has 6 heteroatoms. The molecule has 0 N–H and O–H groups in total. The number of nitrogens with zero attached hydrogens (tertiary/aromatic N) is 2. The number of halogens is 3. The lowest BCUT2D eigenvalue weighted by Gasteiger charge is -2.04. The van der Waals surface area contributed by atoms with Crippen molar-refractivity contribution >= 4 is 23.2 Å². The van der Waals surface area contributed by atoms with E-state index in [1.807, 2.05) is 0 Å². The molecule has 0 unspecified atom stereocenters. The van der Waals surface area contributed by atoms with Gasteiger partial charge in [0.15, 0.2) is 0 Å². The molecule has 2 aromatic rings. The molecule has 0 spiro atoms. The highest BCUT2D eigenvalue weighted by atomic mass is 35.5. The van der Waals surface area contributed by atoms with E-state index in [-0.39, 0.29) is 5.88 Å². The molecule has 82 valence electrons. The first-order valence-corrected chi connectivity index (χ1v) is 5.00. The van der Waals surface area contributed by atoms with Crippen molar-refractivity contribution < 1.29 is 9.13 Å². The Bertz CT molecular complexity index is 502. The molecule has 0 aliphatic rings. The van der Waals surface area contributed by atoms with Gasteiger partial charge in [0.05, 0.1) is 6.07 Å². The van der Waals surface area contributed by atoms with Gasteiger partial charge in [-0.25, -0.2) is 9.97 Å². The van der Waals surface area contributed by atoms with Crippen LogP contribution in [0.15, 0.2) is 30.6 Å². The molecule has 0 saturated carbocycles. The number of hydrogen-bond donors (Lipinski definition) is 0.